The summed E-state index contributed by atoms with van der Waals surface area (Å²) in [5, 5.41) is 0. The first kappa shape index (κ1) is 27.2. The Balaban J connectivity index is 1.35. The summed E-state index contributed by atoms with van der Waals surface area (Å²) in [7, 11) is 0. The van der Waals surface area contributed by atoms with E-state index in [0.717, 1.165) is 38.6 Å². The molecule has 0 bridgehead atoms. The van der Waals surface area contributed by atoms with Gasteiger partial charge in [0.2, 0.25) is 0 Å². The summed E-state index contributed by atoms with van der Waals surface area (Å²) in [6.07, 6.45) is 0. The number of nitrogens with zero attached hydrogens (tertiary/aromatic N) is 2. The van der Waals surface area contributed by atoms with Gasteiger partial charge >= 0.3 is 0 Å². The summed E-state index contributed by atoms with van der Waals surface area (Å²) in [4.78, 5) is 4.44. The molecule has 0 aromatic heterocycles. The fraction of sp³-hybridized carbons (Fsp3) is 0.0769. The lowest BCUT2D eigenvalue weighted by molar-refractivity contribution is 0.628. The third kappa shape index (κ3) is 4.82. The van der Waals surface area contributed by atoms with E-state index >= 15 is 0 Å². The largest absolute Gasteiger partial charge is 0.310 e. The molecular formula is C39H30BrFN2. The van der Waals surface area contributed by atoms with Gasteiger partial charge in [-0.3, -0.25) is 0 Å². The molecule has 0 N–H and O–H groups in total. The van der Waals surface area contributed by atoms with Crippen LogP contribution in [0.4, 0.5) is 38.5 Å². The maximum Gasteiger partial charge on any atom is 0.123 e. The monoisotopic (exact) mass is 624 g/mol. The van der Waals surface area contributed by atoms with Crippen molar-refractivity contribution in [2.45, 2.75) is 19.3 Å². The Kier molecular flexibility index (Phi) is 6.87. The van der Waals surface area contributed by atoms with E-state index in [1.54, 1.807) is 0 Å². The van der Waals surface area contributed by atoms with Crippen LogP contribution in [0.2, 0.25) is 0 Å². The van der Waals surface area contributed by atoms with Crippen molar-refractivity contribution in [3.8, 4) is 11.1 Å². The summed E-state index contributed by atoms with van der Waals surface area (Å²) in [6, 6.07) is 49.2. The van der Waals surface area contributed by atoms with Crippen molar-refractivity contribution in [3.63, 3.8) is 0 Å². The Morgan fingerprint density at radius 2 is 1.00 bits per heavy atom. The van der Waals surface area contributed by atoms with Gasteiger partial charge in [0.15, 0.2) is 0 Å². The Morgan fingerprint density at radius 3 is 1.67 bits per heavy atom. The highest BCUT2D eigenvalue weighted by molar-refractivity contribution is 9.10. The molecule has 1 aliphatic rings. The Hall–Kier alpha value is -4.67. The number of halogens is 2. The van der Waals surface area contributed by atoms with Crippen molar-refractivity contribution in [2.24, 2.45) is 0 Å². The minimum atomic E-state index is -0.259. The second-order valence-electron chi connectivity index (χ2n) is 11.4. The second-order valence-corrected chi connectivity index (χ2v) is 12.2. The number of benzene rings is 6. The zero-order valence-electron chi connectivity index (χ0n) is 24.0. The highest BCUT2D eigenvalue weighted by Crippen LogP contribution is 2.51. The van der Waals surface area contributed by atoms with Gasteiger partial charge in [-0.05, 0) is 117 Å². The maximum atomic E-state index is 13.9. The van der Waals surface area contributed by atoms with Gasteiger partial charge < -0.3 is 9.80 Å². The van der Waals surface area contributed by atoms with Gasteiger partial charge in [0, 0.05) is 38.3 Å². The fourth-order valence-corrected chi connectivity index (χ4v) is 6.81. The molecule has 0 atom stereocenters. The van der Waals surface area contributed by atoms with Gasteiger partial charge in [-0.15, -0.1) is 0 Å². The fourth-order valence-electron chi connectivity index (χ4n) is 6.27. The molecule has 6 aromatic carbocycles. The summed E-state index contributed by atoms with van der Waals surface area (Å²) < 4.78 is 14.8. The van der Waals surface area contributed by atoms with E-state index in [9.17, 15) is 4.39 Å². The molecule has 0 unspecified atom stereocenters. The third-order valence-electron chi connectivity index (χ3n) is 8.37. The van der Waals surface area contributed by atoms with Gasteiger partial charge in [0.25, 0.3) is 0 Å². The summed E-state index contributed by atoms with van der Waals surface area (Å²) in [5.41, 5.74) is 11.2. The quantitative estimate of drug-likeness (QED) is 0.182. The highest BCUT2D eigenvalue weighted by atomic mass is 79.9. The predicted octanol–water partition coefficient (Wildman–Crippen LogP) is 11.8. The van der Waals surface area contributed by atoms with Crippen LogP contribution in [0.5, 0.6) is 0 Å². The van der Waals surface area contributed by atoms with E-state index < -0.39 is 0 Å². The first-order valence-corrected chi connectivity index (χ1v) is 15.2. The molecule has 2 nitrogen and oxygen atoms in total. The normalized spacial score (nSPS) is 12.8. The zero-order chi connectivity index (χ0) is 29.6. The van der Waals surface area contributed by atoms with Crippen molar-refractivity contribution < 1.29 is 4.39 Å². The van der Waals surface area contributed by atoms with Gasteiger partial charge in [-0.2, -0.15) is 0 Å². The number of hydrogen-bond donors (Lipinski definition) is 0. The summed E-state index contributed by atoms with van der Waals surface area (Å²) in [6.45, 7) is 4.63. The number of anilines is 6. The van der Waals surface area contributed by atoms with Crippen LogP contribution in [0.15, 0.2) is 150 Å². The van der Waals surface area contributed by atoms with E-state index in [1.807, 2.05) is 36.4 Å². The lowest BCUT2D eigenvalue weighted by Gasteiger charge is -2.30. The second kappa shape index (κ2) is 10.9. The number of para-hydroxylation sites is 2. The van der Waals surface area contributed by atoms with Gasteiger partial charge in [-0.1, -0.05) is 80.6 Å². The van der Waals surface area contributed by atoms with E-state index in [4.69, 9.17) is 0 Å². The van der Waals surface area contributed by atoms with E-state index in [-0.39, 0.29) is 11.2 Å². The Morgan fingerprint density at radius 1 is 0.488 bits per heavy atom. The molecule has 210 valence electrons. The van der Waals surface area contributed by atoms with Crippen LogP contribution in [-0.2, 0) is 5.41 Å². The first-order valence-electron chi connectivity index (χ1n) is 14.4. The van der Waals surface area contributed by atoms with Gasteiger partial charge in [0.1, 0.15) is 5.82 Å². The van der Waals surface area contributed by atoms with Crippen molar-refractivity contribution in [3.05, 3.63) is 167 Å². The van der Waals surface area contributed by atoms with Crippen LogP contribution in [0.3, 0.4) is 0 Å². The highest BCUT2D eigenvalue weighted by Gasteiger charge is 2.35. The van der Waals surface area contributed by atoms with Crippen LogP contribution < -0.4 is 9.80 Å². The lowest BCUT2D eigenvalue weighted by atomic mass is 9.82. The molecule has 0 saturated heterocycles. The third-order valence-corrected chi connectivity index (χ3v) is 9.00. The molecule has 0 amide bonds. The van der Waals surface area contributed by atoms with Crippen LogP contribution >= 0.6 is 15.9 Å². The SMILES string of the molecule is CC1(C)c2ccccc2-c2ccc(N(c3ccccc3)c3ccc(N(c4ccccc4)c4ccc(F)cc4)c(Br)c3)cc21. The van der Waals surface area contributed by atoms with Gasteiger partial charge in [0.05, 0.1) is 5.69 Å². The van der Waals surface area contributed by atoms with E-state index in [1.165, 1.54) is 34.4 Å². The number of fused-ring (bicyclic) bond motifs is 3. The Labute approximate surface area is 260 Å². The van der Waals surface area contributed by atoms with Crippen molar-refractivity contribution >= 4 is 50.1 Å². The molecule has 4 heteroatoms. The van der Waals surface area contributed by atoms with E-state index in [0.29, 0.717) is 0 Å². The zero-order valence-corrected chi connectivity index (χ0v) is 25.6. The average molecular weight is 626 g/mol. The molecule has 6 aromatic rings. The van der Waals surface area contributed by atoms with Crippen molar-refractivity contribution in [1.82, 2.24) is 0 Å². The molecule has 0 saturated carbocycles. The standard InChI is InChI=1S/C39H30BrFN2/c1-39(2)35-16-10-9-15-33(35)34-23-21-31(25-36(34)39)42(28-11-5-3-6-12-28)32-22-24-38(37(40)26-32)43(29-13-7-4-8-14-29)30-19-17-27(41)18-20-30/h3-26H,1-2H3. The molecule has 0 spiro atoms. The van der Waals surface area contributed by atoms with Crippen LogP contribution in [-0.4, -0.2) is 0 Å². The summed E-state index contributed by atoms with van der Waals surface area (Å²) in [5.74, 6) is -0.259. The van der Waals surface area contributed by atoms with Crippen molar-refractivity contribution in [1.29, 1.82) is 0 Å². The maximum absolute atomic E-state index is 13.9. The number of rotatable bonds is 6. The molecule has 0 radical (unpaired) electrons. The first-order chi connectivity index (χ1) is 20.9. The minimum absolute atomic E-state index is 0.0971. The number of hydrogen-bond acceptors (Lipinski definition) is 2. The molecule has 7 rings (SSSR count). The van der Waals surface area contributed by atoms with Crippen LogP contribution in [0, 0.1) is 5.82 Å². The minimum Gasteiger partial charge on any atom is -0.310 e. The van der Waals surface area contributed by atoms with Crippen LogP contribution in [0.1, 0.15) is 25.0 Å². The summed E-state index contributed by atoms with van der Waals surface area (Å²) >= 11 is 3.92. The molecule has 0 aliphatic heterocycles. The molecule has 0 fully saturated rings. The average Bonchev–Trinajstić information content (AvgIpc) is 3.26. The molecule has 43 heavy (non-hydrogen) atoms. The molecule has 0 heterocycles. The van der Waals surface area contributed by atoms with Crippen LogP contribution in [0.25, 0.3) is 11.1 Å². The van der Waals surface area contributed by atoms with E-state index in [2.05, 4.69) is 137 Å². The Bertz CT molecular complexity index is 1920. The topological polar surface area (TPSA) is 6.48 Å². The smallest absolute Gasteiger partial charge is 0.123 e. The predicted molar refractivity (Wildman–Crippen MR) is 181 cm³/mol. The van der Waals surface area contributed by atoms with Gasteiger partial charge in [-0.25, -0.2) is 4.39 Å². The van der Waals surface area contributed by atoms with Crippen molar-refractivity contribution in [2.75, 3.05) is 9.80 Å². The lowest BCUT2D eigenvalue weighted by Crippen LogP contribution is -2.16. The molecule has 1 aliphatic carbocycles. The molecular weight excluding hydrogens is 595 g/mol.